The molecule has 2 rings (SSSR count). The number of nitrogens with two attached hydrogens (primary N) is 1. The molecule has 0 bridgehead atoms. The van der Waals surface area contributed by atoms with Crippen LogP contribution in [0.5, 0.6) is 0 Å². The van der Waals surface area contributed by atoms with Gasteiger partial charge in [0.15, 0.2) is 0 Å². The summed E-state index contributed by atoms with van der Waals surface area (Å²) in [4.78, 5) is 11.4. The predicted octanol–water partition coefficient (Wildman–Crippen LogP) is 0.488. The van der Waals surface area contributed by atoms with Crippen LogP contribution in [0.3, 0.4) is 0 Å². The second-order valence-corrected chi connectivity index (χ2v) is 5.47. The second kappa shape index (κ2) is 3.17. The van der Waals surface area contributed by atoms with Gasteiger partial charge in [0, 0.05) is 11.3 Å². The average molecular weight is 200 g/mol. The van der Waals surface area contributed by atoms with Gasteiger partial charge in [-0.2, -0.15) is 11.8 Å². The van der Waals surface area contributed by atoms with Crippen LogP contribution in [-0.4, -0.2) is 28.5 Å². The Morgan fingerprint density at radius 1 is 1.62 bits per heavy atom. The van der Waals surface area contributed by atoms with Gasteiger partial charge in [0.2, 0.25) is 5.91 Å². The van der Waals surface area contributed by atoms with Crippen molar-refractivity contribution in [2.24, 2.45) is 5.73 Å². The molecule has 2 aliphatic rings. The van der Waals surface area contributed by atoms with Crippen molar-refractivity contribution in [3.63, 3.8) is 0 Å². The summed E-state index contributed by atoms with van der Waals surface area (Å²) in [6, 6.07) is 0.550. The molecule has 3 N–H and O–H groups in total. The Morgan fingerprint density at radius 3 is 2.69 bits per heavy atom. The summed E-state index contributed by atoms with van der Waals surface area (Å²) in [6.45, 7) is 2.10. The van der Waals surface area contributed by atoms with Crippen LogP contribution in [0, 0.1) is 0 Å². The SMILES string of the molecule is CC1SCCC1(NC1CC1)C(N)=O. The number of amides is 1. The smallest absolute Gasteiger partial charge is 0.238 e. The van der Waals surface area contributed by atoms with E-state index in [1.807, 2.05) is 11.8 Å². The van der Waals surface area contributed by atoms with E-state index >= 15 is 0 Å². The maximum atomic E-state index is 11.4. The van der Waals surface area contributed by atoms with Crippen molar-refractivity contribution >= 4 is 17.7 Å². The van der Waals surface area contributed by atoms with Crippen LogP contribution >= 0.6 is 11.8 Å². The van der Waals surface area contributed by atoms with Crippen molar-refractivity contribution in [2.45, 2.75) is 43.0 Å². The van der Waals surface area contributed by atoms with Gasteiger partial charge in [0.05, 0.1) is 0 Å². The molecule has 1 aliphatic carbocycles. The van der Waals surface area contributed by atoms with Gasteiger partial charge in [0.1, 0.15) is 5.54 Å². The molecule has 1 heterocycles. The molecule has 1 amide bonds. The molecule has 1 saturated heterocycles. The maximum Gasteiger partial charge on any atom is 0.238 e. The molecule has 1 aliphatic heterocycles. The lowest BCUT2D eigenvalue weighted by molar-refractivity contribution is -0.124. The molecular formula is C9H16N2OS. The minimum Gasteiger partial charge on any atom is -0.368 e. The minimum absolute atomic E-state index is 0.170. The first-order valence-corrected chi connectivity index (χ1v) is 5.89. The van der Waals surface area contributed by atoms with Crippen LogP contribution in [0.1, 0.15) is 26.2 Å². The summed E-state index contributed by atoms with van der Waals surface area (Å²) < 4.78 is 0. The van der Waals surface area contributed by atoms with E-state index in [1.165, 1.54) is 12.8 Å². The number of nitrogens with one attached hydrogen (secondary N) is 1. The zero-order valence-electron chi connectivity index (χ0n) is 7.88. The Hall–Kier alpha value is -0.220. The second-order valence-electron chi connectivity index (χ2n) is 4.02. The summed E-state index contributed by atoms with van der Waals surface area (Å²) in [5.74, 6) is 0.876. The summed E-state index contributed by atoms with van der Waals surface area (Å²) in [7, 11) is 0. The number of rotatable bonds is 3. The lowest BCUT2D eigenvalue weighted by Gasteiger charge is -2.30. The van der Waals surface area contributed by atoms with Gasteiger partial charge in [-0.3, -0.25) is 10.1 Å². The monoisotopic (exact) mass is 200 g/mol. The third kappa shape index (κ3) is 1.57. The highest BCUT2D eigenvalue weighted by molar-refractivity contribution is 8.00. The van der Waals surface area contributed by atoms with Gasteiger partial charge in [-0.1, -0.05) is 6.92 Å². The summed E-state index contributed by atoms with van der Waals surface area (Å²) >= 11 is 1.84. The Morgan fingerprint density at radius 2 is 2.31 bits per heavy atom. The first kappa shape index (κ1) is 9.34. The Bertz CT molecular complexity index is 230. The van der Waals surface area contributed by atoms with Gasteiger partial charge in [-0.15, -0.1) is 0 Å². The van der Waals surface area contributed by atoms with Crippen LogP contribution < -0.4 is 11.1 Å². The molecule has 0 aromatic carbocycles. The van der Waals surface area contributed by atoms with E-state index in [4.69, 9.17) is 5.73 Å². The van der Waals surface area contributed by atoms with E-state index < -0.39 is 5.54 Å². The number of hydrogen-bond donors (Lipinski definition) is 2. The molecule has 0 radical (unpaired) electrons. The van der Waals surface area contributed by atoms with Gasteiger partial charge in [-0.25, -0.2) is 0 Å². The summed E-state index contributed by atoms with van der Waals surface area (Å²) in [5, 5.41) is 3.74. The van der Waals surface area contributed by atoms with Crippen molar-refractivity contribution < 1.29 is 4.79 Å². The molecule has 13 heavy (non-hydrogen) atoms. The molecule has 1 saturated carbocycles. The highest BCUT2D eigenvalue weighted by Gasteiger charge is 2.48. The van der Waals surface area contributed by atoms with Crippen molar-refractivity contribution in [2.75, 3.05) is 5.75 Å². The van der Waals surface area contributed by atoms with Crippen molar-refractivity contribution in [1.82, 2.24) is 5.32 Å². The zero-order chi connectivity index (χ0) is 9.47. The van der Waals surface area contributed by atoms with Gasteiger partial charge < -0.3 is 5.73 Å². The van der Waals surface area contributed by atoms with Gasteiger partial charge >= 0.3 is 0 Å². The van der Waals surface area contributed by atoms with Crippen molar-refractivity contribution in [1.29, 1.82) is 0 Å². The molecule has 2 unspecified atom stereocenters. The Kier molecular flexibility index (Phi) is 2.28. The van der Waals surface area contributed by atoms with E-state index in [-0.39, 0.29) is 5.91 Å². The highest BCUT2D eigenvalue weighted by Crippen LogP contribution is 2.38. The fourth-order valence-corrected chi connectivity index (χ4v) is 3.30. The number of primary amides is 1. The molecule has 2 fully saturated rings. The lowest BCUT2D eigenvalue weighted by atomic mass is 9.91. The number of carbonyl (C=O) groups is 1. The number of thioether (sulfide) groups is 1. The molecule has 0 aromatic rings. The Labute approximate surface area is 82.8 Å². The minimum atomic E-state index is -0.411. The predicted molar refractivity (Wildman–Crippen MR) is 54.6 cm³/mol. The molecule has 0 spiro atoms. The molecule has 2 atom stereocenters. The highest BCUT2D eigenvalue weighted by atomic mass is 32.2. The normalized spacial score (nSPS) is 39.3. The fraction of sp³-hybridized carbons (Fsp3) is 0.889. The standard InChI is InChI=1S/C9H16N2OS/c1-6-9(8(10)12,4-5-13-6)11-7-2-3-7/h6-7,11H,2-5H2,1H3,(H2,10,12). The zero-order valence-corrected chi connectivity index (χ0v) is 8.69. The quantitative estimate of drug-likeness (QED) is 0.697. The van der Waals surface area contributed by atoms with E-state index in [2.05, 4.69) is 12.2 Å². The van der Waals surface area contributed by atoms with Crippen LogP contribution in [-0.2, 0) is 4.79 Å². The van der Waals surface area contributed by atoms with E-state index in [9.17, 15) is 4.79 Å². The third-order valence-corrected chi connectivity index (χ3v) is 4.38. The van der Waals surface area contributed by atoms with Crippen LogP contribution in [0.4, 0.5) is 0 Å². The summed E-state index contributed by atoms with van der Waals surface area (Å²) in [6.07, 6.45) is 3.30. The van der Waals surface area contributed by atoms with E-state index in [0.29, 0.717) is 11.3 Å². The van der Waals surface area contributed by atoms with Gasteiger partial charge in [-0.05, 0) is 25.0 Å². The van der Waals surface area contributed by atoms with E-state index in [1.54, 1.807) is 0 Å². The number of hydrogen-bond acceptors (Lipinski definition) is 3. The first-order valence-electron chi connectivity index (χ1n) is 4.84. The van der Waals surface area contributed by atoms with Crippen LogP contribution in [0.25, 0.3) is 0 Å². The van der Waals surface area contributed by atoms with Crippen LogP contribution in [0.15, 0.2) is 0 Å². The molecule has 0 aromatic heterocycles. The third-order valence-electron chi connectivity index (χ3n) is 3.04. The summed E-state index contributed by atoms with van der Waals surface area (Å²) in [5.41, 5.74) is 5.07. The first-order chi connectivity index (χ1) is 6.15. The fourth-order valence-electron chi connectivity index (χ4n) is 1.92. The lowest BCUT2D eigenvalue weighted by Crippen LogP contribution is -2.59. The molecular weight excluding hydrogens is 184 g/mol. The van der Waals surface area contributed by atoms with Gasteiger partial charge in [0.25, 0.3) is 0 Å². The Balaban J connectivity index is 2.12. The van der Waals surface area contributed by atoms with Crippen LogP contribution in [0.2, 0.25) is 0 Å². The molecule has 4 heteroatoms. The topological polar surface area (TPSA) is 55.1 Å². The maximum absolute atomic E-state index is 11.4. The average Bonchev–Trinajstić information content (AvgIpc) is 2.78. The van der Waals surface area contributed by atoms with Crippen molar-refractivity contribution in [3.05, 3.63) is 0 Å². The van der Waals surface area contributed by atoms with E-state index in [0.717, 1.165) is 12.2 Å². The molecule has 3 nitrogen and oxygen atoms in total. The largest absolute Gasteiger partial charge is 0.368 e. The number of carbonyl (C=O) groups excluding carboxylic acids is 1. The molecule has 74 valence electrons. The van der Waals surface area contributed by atoms with Crippen molar-refractivity contribution in [3.8, 4) is 0 Å².